The first kappa shape index (κ1) is 18.0. The zero-order valence-corrected chi connectivity index (χ0v) is 13.9. The Kier molecular flexibility index (Phi) is 6.35. The Hall–Kier alpha value is -2.37. The lowest BCUT2D eigenvalue weighted by molar-refractivity contribution is 0.292. The summed E-state index contributed by atoms with van der Waals surface area (Å²) >= 11 is 0. The summed E-state index contributed by atoms with van der Waals surface area (Å²) in [5.74, 6) is -0.145. The third kappa shape index (κ3) is 4.13. The molecule has 6 heteroatoms. The maximum atomic E-state index is 14.2. The van der Waals surface area contributed by atoms with Crippen LogP contribution in [0.2, 0.25) is 0 Å². The lowest BCUT2D eigenvalue weighted by atomic mass is 10.1. The highest BCUT2D eigenvalue weighted by Gasteiger charge is 2.13. The Morgan fingerprint density at radius 3 is 2.62 bits per heavy atom. The number of benzene rings is 2. The normalized spacial score (nSPS) is 10.2. The van der Waals surface area contributed by atoms with E-state index in [9.17, 15) is 4.39 Å². The van der Waals surface area contributed by atoms with E-state index >= 15 is 0 Å². The molecule has 126 valence electrons. The van der Waals surface area contributed by atoms with Crippen LogP contribution in [-0.4, -0.2) is 16.3 Å². The minimum Gasteiger partial charge on any atom is -0.485 e. The molecular weight excluding hydrogens is 329 g/mol. The van der Waals surface area contributed by atoms with Gasteiger partial charge in [0.2, 0.25) is 0 Å². The number of rotatable bonds is 6. The van der Waals surface area contributed by atoms with Gasteiger partial charge in [-0.2, -0.15) is 5.10 Å². The Bertz CT molecular complexity index is 777. The van der Waals surface area contributed by atoms with Gasteiger partial charge in [-0.15, -0.1) is 12.4 Å². The van der Waals surface area contributed by atoms with Crippen LogP contribution in [0.15, 0.2) is 60.9 Å². The van der Waals surface area contributed by atoms with Crippen LogP contribution in [0.3, 0.4) is 0 Å². The van der Waals surface area contributed by atoms with E-state index in [1.54, 1.807) is 16.9 Å². The predicted molar refractivity (Wildman–Crippen MR) is 94.7 cm³/mol. The molecule has 1 heterocycles. The molecule has 4 nitrogen and oxygen atoms in total. The molecule has 0 amide bonds. The standard InChI is InChI=1S/C18H18FN3O.ClH/c19-17-8-4-7-16(15-11-21-22(12-15)10-9-20)18(17)23-13-14-5-2-1-3-6-14;/h1-8,11-12H,9-10,13,20H2;1H. The maximum Gasteiger partial charge on any atom is 0.165 e. The molecule has 0 aliphatic rings. The van der Waals surface area contributed by atoms with Crippen molar-refractivity contribution in [3.8, 4) is 16.9 Å². The Balaban J connectivity index is 0.00000208. The van der Waals surface area contributed by atoms with Crippen molar-refractivity contribution in [2.45, 2.75) is 13.2 Å². The first-order valence-electron chi connectivity index (χ1n) is 7.46. The molecular formula is C18H19ClFN3O. The van der Waals surface area contributed by atoms with Crippen LogP contribution in [-0.2, 0) is 13.2 Å². The number of halogens is 2. The van der Waals surface area contributed by atoms with Gasteiger partial charge in [0, 0.05) is 23.9 Å². The van der Waals surface area contributed by atoms with Gasteiger partial charge < -0.3 is 10.5 Å². The summed E-state index contributed by atoms with van der Waals surface area (Å²) < 4.78 is 21.7. The monoisotopic (exact) mass is 347 g/mol. The molecule has 0 saturated carbocycles. The van der Waals surface area contributed by atoms with Gasteiger partial charge in [-0.25, -0.2) is 4.39 Å². The molecule has 0 bridgehead atoms. The topological polar surface area (TPSA) is 53.1 Å². The Morgan fingerprint density at radius 2 is 1.88 bits per heavy atom. The Labute approximate surface area is 146 Å². The molecule has 1 aromatic heterocycles. The maximum absolute atomic E-state index is 14.2. The first-order chi connectivity index (χ1) is 11.3. The summed E-state index contributed by atoms with van der Waals surface area (Å²) in [4.78, 5) is 0. The van der Waals surface area contributed by atoms with Crippen LogP contribution < -0.4 is 10.5 Å². The van der Waals surface area contributed by atoms with Crippen molar-refractivity contribution in [3.05, 3.63) is 72.3 Å². The largest absolute Gasteiger partial charge is 0.485 e. The fourth-order valence-corrected chi connectivity index (χ4v) is 2.37. The van der Waals surface area contributed by atoms with E-state index in [2.05, 4.69) is 5.10 Å². The van der Waals surface area contributed by atoms with E-state index in [1.807, 2.05) is 42.6 Å². The van der Waals surface area contributed by atoms with Crippen molar-refractivity contribution in [2.75, 3.05) is 6.54 Å². The van der Waals surface area contributed by atoms with Gasteiger partial charge in [0.15, 0.2) is 11.6 Å². The third-order valence-corrected chi connectivity index (χ3v) is 3.50. The van der Waals surface area contributed by atoms with Crippen LogP contribution in [0.4, 0.5) is 4.39 Å². The van der Waals surface area contributed by atoms with Gasteiger partial charge in [0.25, 0.3) is 0 Å². The number of hydrogen-bond acceptors (Lipinski definition) is 3. The van der Waals surface area contributed by atoms with Gasteiger partial charge in [-0.05, 0) is 11.6 Å². The molecule has 3 rings (SSSR count). The number of hydrogen-bond donors (Lipinski definition) is 1. The molecule has 0 atom stereocenters. The average Bonchev–Trinajstić information content (AvgIpc) is 3.03. The van der Waals surface area contributed by atoms with Crippen LogP contribution in [0.5, 0.6) is 5.75 Å². The molecule has 2 N–H and O–H groups in total. The summed E-state index contributed by atoms with van der Waals surface area (Å²) in [6.07, 6.45) is 3.54. The Morgan fingerprint density at radius 1 is 1.08 bits per heavy atom. The number of ether oxygens (including phenoxy) is 1. The second-order valence-corrected chi connectivity index (χ2v) is 5.17. The highest BCUT2D eigenvalue weighted by Crippen LogP contribution is 2.32. The number of nitrogens with zero attached hydrogens (tertiary/aromatic N) is 2. The van der Waals surface area contributed by atoms with E-state index in [4.69, 9.17) is 10.5 Å². The second-order valence-electron chi connectivity index (χ2n) is 5.17. The highest BCUT2D eigenvalue weighted by molar-refractivity contribution is 5.85. The minimum absolute atomic E-state index is 0. The number of aromatic nitrogens is 2. The lowest BCUT2D eigenvalue weighted by Gasteiger charge is -2.11. The van der Waals surface area contributed by atoms with Crippen LogP contribution in [0.1, 0.15) is 5.56 Å². The summed E-state index contributed by atoms with van der Waals surface area (Å²) in [6, 6.07) is 14.6. The van der Waals surface area contributed by atoms with Gasteiger partial charge in [-0.1, -0.05) is 42.5 Å². The molecule has 0 aliphatic heterocycles. The van der Waals surface area contributed by atoms with Crippen molar-refractivity contribution in [1.29, 1.82) is 0 Å². The molecule has 3 aromatic rings. The average molecular weight is 348 g/mol. The summed E-state index contributed by atoms with van der Waals surface area (Å²) in [7, 11) is 0. The van der Waals surface area contributed by atoms with Gasteiger partial charge in [0.05, 0.1) is 12.7 Å². The van der Waals surface area contributed by atoms with Crippen molar-refractivity contribution in [2.24, 2.45) is 5.73 Å². The smallest absolute Gasteiger partial charge is 0.165 e. The van der Waals surface area contributed by atoms with E-state index in [0.717, 1.165) is 11.1 Å². The van der Waals surface area contributed by atoms with Crippen molar-refractivity contribution in [1.82, 2.24) is 9.78 Å². The number of para-hydroxylation sites is 1. The highest BCUT2D eigenvalue weighted by atomic mass is 35.5. The van der Waals surface area contributed by atoms with Crippen molar-refractivity contribution < 1.29 is 9.13 Å². The zero-order valence-electron chi connectivity index (χ0n) is 13.1. The minimum atomic E-state index is -0.384. The van der Waals surface area contributed by atoms with Gasteiger partial charge in [0.1, 0.15) is 6.61 Å². The van der Waals surface area contributed by atoms with E-state index < -0.39 is 0 Å². The third-order valence-electron chi connectivity index (χ3n) is 3.50. The summed E-state index contributed by atoms with van der Waals surface area (Å²) in [6.45, 7) is 1.43. The van der Waals surface area contributed by atoms with Crippen LogP contribution in [0.25, 0.3) is 11.1 Å². The first-order valence-corrected chi connectivity index (χ1v) is 7.46. The summed E-state index contributed by atoms with van der Waals surface area (Å²) in [5, 5.41) is 4.23. The van der Waals surface area contributed by atoms with E-state index in [1.165, 1.54) is 6.07 Å². The second kappa shape index (κ2) is 8.47. The molecule has 0 fully saturated rings. The quantitative estimate of drug-likeness (QED) is 0.740. The molecule has 24 heavy (non-hydrogen) atoms. The van der Waals surface area contributed by atoms with Crippen LogP contribution in [0, 0.1) is 5.82 Å². The fraction of sp³-hybridized carbons (Fsp3) is 0.167. The summed E-state index contributed by atoms with van der Waals surface area (Å²) in [5.41, 5.74) is 8.01. The molecule has 0 spiro atoms. The van der Waals surface area contributed by atoms with Crippen LogP contribution >= 0.6 is 12.4 Å². The molecule has 0 radical (unpaired) electrons. The predicted octanol–water partition coefficient (Wildman–Crippen LogP) is 3.65. The SMILES string of the molecule is Cl.NCCn1cc(-c2cccc(F)c2OCc2ccccc2)cn1. The zero-order chi connectivity index (χ0) is 16.1. The molecule has 0 aliphatic carbocycles. The van der Waals surface area contributed by atoms with Crippen molar-refractivity contribution in [3.63, 3.8) is 0 Å². The molecule has 2 aromatic carbocycles. The van der Waals surface area contributed by atoms with E-state index in [0.29, 0.717) is 25.3 Å². The van der Waals surface area contributed by atoms with Gasteiger partial charge in [-0.3, -0.25) is 4.68 Å². The van der Waals surface area contributed by atoms with Crippen molar-refractivity contribution >= 4 is 12.4 Å². The van der Waals surface area contributed by atoms with E-state index in [-0.39, 0.29) is 24.0 Å². The molecule has 0 unspecified atom stereocenters. The number of nitrogens with two attached hydrogens (primary N) is 1. The lowest BCUT2D eigenvalue weighted by Crippen LogP contribution is -2.09. The van der Waals surface area contributed by atoms with Gasteiger partial charge >= 0.3 is 0 Å². The molecule has 0 saturated heterocycles. The fourth-order valence-electron chi connectivity index (χ4n) is 2.37.